The number of amides is 3. The van der Waals surface area contributed by atoms with Gasteiger partial charge in [-0.2, -0.15) is 0 Å². The molecule has 1 aromatic carbocycles. The van der Waals surface area contributed by atoms with Gasteiger partial charge in [0.05, 0.1) is 0 Å². The zero-order chi connectivity index (χ0) is 18.0. The van der Waals surface area contributed by atoms with E-state index >= 15 is 0 Å². The molecule has 8 nitrogen and oxygen atoms in total. The number of aliphatic hydroxyl groups is 1. The number of hydrogen-bond donors (Lipinski definition) is 3. The lowest BCUT2D eigenvalue weighted by atomic mass is 10.1. The van der Waals surface area contributed by atoms with Crippen LogP contribution >= 0.6 is 11.6 Å². The zero-order valence-corrected chi connectivity index (χ0v) is 14.5. The number of nitrogens with zero attached hydrogens (tertiary/aromatic N) is 3. The summed E-state index contributed by atoms with van der Waals surface area (Å²) in [7, 11) is 1.62. The Kier molecular flexibility index (Phi) is 5.10. The molecule has 0 saturated carbocycles. The summed E-state index contributed by atoms with van der Waals surface area (Å²) in [5.41, 5.74) is 0.855. The van der Waals surface area contributed by atoms with Crippen molar-refractivity contribution in [2.24, 2.45) is 4.99 Å². The molecule has 2 fully saturated rings. The number of guanidine groups is 1. The van der Waals surface area contributed by atoms with E-state index in [4.69, 9.17) is 16.7 Å². The largest absolute Gasteiger partial charge is 0.396 e. The van der Waals surface area contributed by atoms with E-state index < -0.39 is 18.2 Å². The first-order chi connectivity index (χ1) is 12.0. The smallest absolute Gasteiger partial charge is 0.325 e. The molecule has 0 aromatic heterocycles. The van der Waals surface area contributed by atoms with E-state index in [1.165, 1.54) is 4.90 Å². The second-order valence-corrected chi connectivity index (χ2v) is 6.35. The van der Waals surface area contributed by atoms with Crippen LogP contribution in [0.3, 0.4) is 0 Å². The Bertz CT molecular complexity index is 711. The van der Waals surface area contributed by atoms with Crippen LogP contribution in [0.2, 0.25) is 5.02 Å². The van der Waals surface area contributed by atoms with Gasteiger partial charge in [-0.05, 0) is 18.1 Å². The number of carbonyl (C=O) groups is 2. The molecule has 2 unspecified atom stereocenters. The summed E-state index contributed by atoms with van der Waals surface area (Å²) in [5, 5.41) is 15.1. The molecule has 2 heterocycles. The van der Waals surface area contributed by atoms with Crippen LogP contribution in [0.4, 0.5) is 4.79 Å². The molecule has 0 bridgehead atoms. The third-order valence-corrected chi connectivity index (χ3v) is 4.67. The van der Waals surface area contributed by atoms with Crippen LogP contribution in [-0.4, -0.2) is 65.2 Å². The predicted octanol–water partition coefficient (Wildman–Crippen LogP) is 0.360. The van der Waals surface area contributed by atoms with Crippen LogP contribution < -0.4 is 10.6 Å². The highest BCUT2D eigenvalue weighted by atomic mass is 35.5. The van der Waals surface area contributed by atoms with Crippen molar-refractivity contribution in [1.29, 1.82) is 0 Å². The highest BCUT2D eigenvalue weighted by Gasteiger charge is 2.49. The average molecular weight is 366 g/mol. The maximum absolute atomic E-state index is 12.4. The Hall–Kier alpha value is -2.32. The molecule has 2 aliphatic rings. The van der Waals surface area contributed by atoms with Crippen LogP contribution in [0.25, 0.3) is 0 Å². The van der Waals surface area contributed by atoms with Crippen molar-refractivity contribution in [3.63, 3.8) is 0 Å². The lowest BCUT2D eigenvalue weighted by Crippen LogP contribution is -2.64. The summed E-state index contributed by atoms with van der Waals surface area (Å²) >= 11 is 6.26. The number of benzene rings is 1. The topological polar surface area (TPSA) is 97.3 Å². The molecule has 2 atom stereocenters. The first kappa shape index (κ1) is 17.5. The van der Waals surface area contributed by atoms with E-state index in [0.29, 0.717) is 30.5 Å². The summed E-state index contributed by atoms with van der Waals surface area (Å²) in [4.78, 5) is 32.0. The van der Waals surface area contributed by atoms with Crippen LogP contribution in [-0.2, 0) is 11.3 Å². The summed E-state index contributed by atoms with van der Waals surface area (Å²) in [6.07, 6.45) is 0.0122. The Morgan fingerprint density at radius 1 is 1.32 bits per heavy atom. The van der Waals surface area contributed by atoms with Gasteiger partial charge in [-0.1, -0.05) is 29.8 Å². The highest BCUT2D eigenvalue weighted by molar-refractivity contribution is 6.31. The Balaban J connectivity index is 1.92. The number of urea groups is 1. The average Bonchev–Trinajstić information content (AvgIpc) is 2.94. The standard InChI is InChI=1S/C16H20ClN5O3/c1-21-13-12(14(24)20-16(21)25)22(15(19-13)18-7-4-8-23)9-10-5-2-3-6-11(10)17/h2-3,5-6,12-13,23H,4,7-9H2,1H3,(H,18,19)(H,20,24,25). The number of fused-ring (bicyclic) bond motifs is 1. The molecule has 0 spiro atoms. The lowest BCUT2D eigenvalue weighted by molar-refractivity contribution is -0.127. The van der Waals surface area contributed by atoms with Gasteiger partial charge in [-0.25, -0.2) is 4.79 Å². The zero-order valence-electron chi connectivity index (χ0n) is 13.8. The summed E-state index contributed by atoms with van der Waals surface area (Å²) in [5.74, 6) is 0.139. The fraction of sp³-hybridized carbons (Fsp3) is 0.438. The summed E-state index contributed by atoms with van der Waals surface area (Å²) < 4.78 is 0. The number of hydrogen-bond acceptors (Lipinski definition) is 4. The normalized spacial score (nSPS) is 24.4. The van der Waals surface area contributed by atoms with Crippen molar-refractivity contribution in [3.05, 3.63) is 34.9 Å². The number of aliphatic imine (C=N–C) groups is 1. The quantitative estimate of drug-likeness (QED) is 0.655. The maximum atomic E-state index is 12.4. The van der Waals surface area contributed by atoms with E-state index in [1.54, 1.807) is 13.1 Å². The number of carbonyl (C=O) groups excluding carboxylic acids is 2. The van der Waals surface area contributed by atoms with Crippen molar-refractivity contribution in [2.75, 3.05) is 20.2 Å². The molecular weight excluding hydrogens is 346 g/mol. The lowest BCUT2D eigenvalue weighted by Gasteiger charge is -2.35. The molecule has 3 N–H and O–H groups in total. The molecule has 2 aliphatic heterocycles. The Morgan fingerprint density at radius 2 is 2.08 bits per heavy atom. The molecule has 0 radical (unpaired) electrons. The van der Waals surface area contributed by atoms with Crippen molar-refractivity contribution in [3.8, 4) is 0 Å². The van der Waals surface area contributed by atoms with E-state index in [0.717, 1.165) is 5.56 Å². The van der Waals surface area contributed by atoms with Crippen molar-refractivity contribution in [1.82, 2.24) is 20.4 Å². The fourth-order valence-corrected chi connectivity index (χ4v) is 3.15. The van der Waals surface area contributed by atoms with Crippen LogP contribution in [0.15, 0.2) is 29.3 Å². The van der Waals surface area contributed by atoms with Crippen molar-refractivity contribution >= 4 is 29.5 Å². The van der Waals surface area contributed by atoms with E-state index in [1.807, 2.05) is 23.1 Å². The molecule has 25 heavy (non-hydrogen) atoms. The molecule has 3 rings (SSSR count). The van der Waals surface area contributed by atoms with E-state index in [2.05, 4.69) is 15.6 Å². The number of aliphatic hydroxyl groups excluding tert-OH is 1. The number of rotatable bonds is 5. The van der Waals surface area contributed by atoms with E-state index in [9.17, 15) is 9.59 Å². The first-order valence-electron chi connectivity index (χ1n) is 8.02. The fourth-order valence-electron chi connectivity index (χ4n) is 2.96. The van der Waals surface area contributed by atoms with Crippen molar-refractivity contribution < 1.29 is 14.7 Å². The highest BCUT2D eigenvalue weighted by Crippen LogP contribution is 2.25. The van der Waals surface area contributed by atoms with Gasteiger partial charge >= 0.3 is 6.03 Å². The minimum absolute atomic E-state index is 0.0347. The molecule has 1 aromatic rings. The molecule has 9 heteroatoms. The molecule has 134 valence electrons. The van der Waals surface area contributed by atoms with Crippen LogP contribution in [0, 0.1) is 0 Å². The molecule has 3 amide bonds. The summed E-state index contributed by atoms with van der Waals surface area (Å²) in [6.45, 7) is 0.824. The van der Waals surface area contributed by atoms with Gasteiger partial charge in [0.15, 0.2) is 12.0 Å². The molecule has 0 aliphatic carbocycles. The van der Waals surface area contributed by atoms with Gasteiger partial charge in [0.1, 0.15) is 6.17 Å². The Labute approximate surface area is 150 Å². The van der Waals surface area contributed by atoms with Gasteiger partial charge in [0, 0.05) is 31.8 Å². The van der Waals surface area contributed by atoms with Crippen LogP contribution in [0.1, 0.15) is 12.0 Å². The van der Waals surface area contributed by atoms with Gasteiger partial charge < -0.3 is 20.2 Å². The van der Waals surface area contributed by atoms with Gasteiger partial charge in [-0.15, -0.1) is 0 Å². The van der Waals surface area contributed by atoms with E-state index in [-0.39, 0.29) is 12.5 Å². The number of halogens is 1. The van der Waals surface area contributed by atoms with Gasteiger partial charge in [-0.3, -0.25) is 15.1 Å². The predicted molar refractivity (Wildman–Crippen MR) is 93.0 cm³/mol. The monoisotopic (exact) mass is 365 g/mol. The third-order valence-electron chi connectivity index (χ3n) is 4.30. The Morgan fingerprint density at radius 3 is 2.80 bits per heavy atom. The minimum Gasteiger partial charge on any atom is -0.396 e. The molecule has 2 saturated heterocycles. The van der Waals surface area contributed by atoms with Crippen LogP contribution in [0.5, 0.6) is 0 Å². The first-order valence-corrected chi connectivity index (χ1v) is 8.40. The summed E-state index contributed by atoms with van der Waals surface area (Å²) in [6, 6.07) is 6.34. The number of nitrogens with one attached hydrogen (secondary N) is 2. The number of likely N-dealkylation sites (N-methyl/N-ethyl adjacent to an activating group) is 1. The third kappa shape index (κ3) is 3.40. The van der Waals surface area contributed by atoms with Crippen molar-refractivity contribution in [2.45, 2.75) is 25.2 Å². The second-order valence-electron chi connectivity index (χ2n) is 5.94. The maximum Gasteiger partial charge on any atom is 0.325 e. The van der Waals surface area contributed by atoms with Gasteiger partial charge in [0.2, 0.25) is 0 Å². The molecular formula is C16H20ClN5O3. The SMILES string of the molecule is CN1C(=O)NC(=O)C2C1NC(=NCCCO)N2Cc1ccccc1Cl. The number of imide groups is 1. The second kappa shape index (κ2) is 7.28. The minimum atomic E-state index is -0.605. The van der Waals surface area contributed by atoms with Gasteiger partial charge in [0.25, 0.3) is 5.91 Å².